The molecule has 0 spiro atoms. The van der Waals surface area contributed by atoms with Gasteiger partial charge in [-0.2, -0.15) is 0 Å². The number of carbonyl (C=O) groups is 1. The molecule has 0 aliphatic carbocycles. The SMILES string of the molecule is CCCCCc1cc(F)c2c(c1C)COC2=O. The van der Waals surface area contributed by atoms with Gasteiger partial charge < -0.3 is 4.74 Å². The third-order valence-electron chi connectivity index (χ3n) is 3.38. The second-order valence-electron chi connectivity index (χ2n) is 4.53. The Bertz CT molecular complexity index is 452. The zero-order chi connectivity index (χ0) is 12.4. The van der Waals surface area contributed by atoms with Crippen molar-refractivity contribution in [2.75, 3.05) is 0 Å². The molecule has 1 aliphatic heterocycles. The van der Waals surface area contributed by atoms with Gasteiger partial charge in [0, 0.05) is 5.56 Å². The van der Waals surface area contributed by atoms with Crippen LogP contribution in [0.25, 0.3) is 0 Å². The number of hydrogen-bond donors (Lipinski definition) is 0. The van der Waals surface area contributed by atoms with Crippen molar-refractivity contribution >= 4 is 5.97 Å². The minimum atomic E-state index is -0.527. The number of esters is 1. The van der Waals surface area contributed by atoms with Crippen molar-refractivity contribution < 1.29 is 13.9 Å². The number of carbonyl (C=O) groups excluding carboxylic acids is 1. The lowest BCUT2D eigenvalue weighted by Crippen LogP contribution is -2.02. The number of rotatable bonds is 4. The maximum Gasteiger partial charge on any atom is 0.341 e. The average molecular weight is 236 g/mol. The summed E-state index contributed by atoms with van der Waals surface area (Å²) >= 11 is 0. The first-order valence-corrected chi connectivity index (χ1v) is 6.13. The highest BCUT2D eigenvalue weighted by molar-refractivity contribution is 5.94. The van der Waals surface area contributed by atoms with Crippen LogP contribution in [0.2, 0.25) is 0 Å². The van der Waals surface area contributed by atoms with Gasteiger partial charge in [-0.3, -0.25) is 0 Å². The van der Waals surface area contributed by atoms with E-state index in [0.29, 0.717) is 0 Å². The Morgan fingerprint density at radius 3 is 2.88 bits per heavy atom. The van der Waals surface area contributed by atoms with Crippen molar-refractivity contribution in [2.45, 2.75) is 46.1 Å². The Kier molecular flexibility index (Phi) is 3.46. The van der Waals surface area contributed by atoms with E-state index in [2.05, 4.69) is 6.92 Å². The second-order valence-corrected chi connectivity index (χ2v) is 4.53. The van der Waals surface area contributed by atoms with Crippen molar-refractivity contribution in [3.05, 3.63) is 34.1 Å². The summed E-state index contributed by atoms with van der Waals surface area (Å²) in [6.45, 7) is 4.31. The van der Waals surface area contributed by atoms with E-state index < -0.39 is 11.8 Å². The third kappa shape index (κ3) is 2.19. The van der Waals surface area contributed by atoms with E-state index >= 15 is 0 Å². The molecule has 3 heteroatoms. The van der Waals surface area contributed by atoms with Crippen LogP contribution in [0, 0.1) is 12.7 Å². The van der Waals surface area contributed by atoms with E-state index in [1.165, 1.54) is 6.07 Å². The summed E-state index contributed by atoms with van der Waals surface area (Å²) in [7, 11) is 0. The molecule has 0 saturated heterocycles. The van der Waals surface area contributed by atoms with E-state index in [4.69, 9.17) is 4.74 Å². The van der Waals surface area contributed by atoms with Gasteiger partial charge in [0.2, 0.25) is 0 Å². The Hall–Kier alpha value is -1.38. The Morgan fingerprint density at radius 2 is 2.18 bits per heavy atom. The first-order valence-electron chi connectivity index (χ1n) is 6.13. The highest BCUT2D eigenvalue weighted by Crippen LogP contribution is 2.29. The molecule has 1 aliphatic rings. The quantitative estimate of drug-likeness (QED) is 0.590. The molecule has 0 fully saturated rings. The van der Waals surface area contributed by atoms with Crippen LogP contribution in [0.5, 0.6) is 0 Å². The minimum Gasteiger partial charge on any atom is -0.457 e. The fourth-order valence-corrected chi connectivity index (χ4v) is 2.29. The second kappa shape index (κ2) is 4.86. The van der Waals surface area contributed by atoms with Crippen LogP contribution in [0.15, 0.2) is 6.07 Å². The molecular formula is C14H17FO2. The maximum atomic E-state index is 13.8. The number of aryl methyl sites for hydroxylation is 1. The summed E-state index contributed by atoms with van der Waals surface area (Å²) in [4.78, 5) is 11.3. The van der Waals surface area contributed by atoms with Gasteiger partial charge in [0.25, 0.3) is 0 Å². The van der Waals surface area contributed by atoms with Crippen molar-refractivity contribution in [3.63, 3.8) is 0 Å². The van der Waals surface area contributed by atoms with Crippen LogP contribution in [0.1, 0.15) is 53.2 Å². The van der Waals surface area contributed by atoms with Gasteiger partial charge in [0.1, 0.15) is 18.0 Å². The number of benzene rings is 1. The maximum absolute atomic E-state index is 13.8. The molecule has 2 nitrogen and oxygen atoms in total. The Labute approximate surface area is 101 Å². The van der Waals surface area contributed by atoms with Crippen LogP contribution in [-0.4, -0.2) is 5.97 Å². The van der Waals surface area contributed by atoms with Gasteiger partial charge >= 0.3 is 5.97 Å². The van der Waals surface area contributed by atoms with Crippen molar-refractivity contribution in [2.24, 2.45) is 0 Å². The smallest absolute Gasteiger partial charge is 0.341 e. The monoisotopic (exact) mass is 236 g/mol. The predicted molar refractivity (Wildman–Crippen MR) is 63.5 cm³/mol. The average Bonchev–Trinajstić information content (AvgIpc) is 2.68. The standard InChI is InChI=1S/C14H17FO2/c1-3-4-5-6-10-7-12(15)13-11(9(10)2)8-17-14(13)16/h7H,3-6,8H2,1-2H3. The molecule has 1 aromatic carbocycles. The summed E-state index contributed by atoms with van der Waals surface area (Å²) in [6.07, 6.45) is 4.23. The zero-order valence-electron chi connectivity index (χ0n) is 10.3. The molecule has 0 N–H and O–H groups in total. The molecule has 0 radical (unpaired) electrons. The van der Waals surface area contributed by atoms with Crippen LogP contribution in [0.4, 0.5) is 4.39 Å². The number of cyclic esters (lactones) is 1. The Balaban J connectivity index is 2.31. The van der Waals surface area contributed by atoms with Crippen LogP contribution in [0.3, 0.4) is 0 Å². The van der Waals surface area contributed by atoms with Crippen molar-refractivity contribution in [3.8, 4) is 0 Å². The van der Waals surface area contributed by atoms with E-state index in [9.17, 15) is 9.18 Å². The van der Waals surface area contributed by atoms with Crippen LogP contribution < -0.4 is 0 Å². The molecule has 0 bridgehead atoms. The summed E-state index contributed by atoms with van der Waals surface area (Å²) in [5, 5.41) is 0. The summed E-state index contributed by atoms with van der Waals surface area (Å²) in [5.41, 5.74) is 2.90. The topological polar surface area (TPSA) is 26.3 Å². The molecule has 17 heavy (non-hydrogen) atoms. The molecule has 0 atom stereocenters. The Morgan fingerprint density at radius 1 is 1.41 bits per heavy atom. The first kappa shape index (κ1) is 12.1. The number of unbranched alkanes of at least 4 members (excludes halogenated alkanes) is 2. The number of fused-ring (bicyclic) bond motifs is 1. The van der Waals surface area contributed by atoms with Crippen molar-refractivity contribution in [1.29, 1.82) is 0 Å². The van der Waals surface area contributed by atoms with Gasteiger partial charge in [-0.25, -0.2) is 9.18 Å². The third-order valence-corrected chi connectivity index (χ3v) is 3.38. The fraction of sp³-hybridized carbons (Fsp3) is 0.500. The molecule has 92 valence electrons. The van der Waals surface area contributed by atoms with Gasteiger partial charge in [-0.1, -0.05) is 19.8 Å². The zero-order valence-corrected chi connectivity index (χ0v) is 10.3. The summed E-state index contributed by atoms with van der Waals surface area (Å²) in [5.74, 6) is -0.958. The number of hydrogen-bond acceptors (Lipinski definition) is 2. The molecule has 0 saturated carbocycles. The van der Waals surface area contributed by atoms with E-state index in [1.54, 1.807) is 0 Å². The lowest BCUT2D eigenvalue weighted by molar-refractivity contribution is 0.0531. The fourth-order valence-electron chi connectivity index (χ4n) is 2.29. The lowest BCUT2D eigenvalue weighted by Gasteiger charge is -2.09. The highest BCUT2D eigenvalue weighted by Gasteiger charge is 2.28. The first-order chi connectivity index (χ1) is 8.15. The molecular weight excluding hydrogens is 219 g/mol. The van der Waals surface area contributed by atoms with Gasteiger partial charge in [-0.15, -0.1) is 0 Å². The van der Waals surface area contributed by atoms with Crippen molar-refractivity contribution in [1.82, 2.24) is 0 Å². The highest BCUT2D eigenvalue weighted by atomic mass is 19.1. The van der Waals surface area contributed by atoms with Gasteiger partial charge in [0.15, 0.2) is 0 Å². The molecule has 2 rings (SSSR count). The van der Waals surface area contributed by atoms with E-state index in [1.807, 2.05) is 6.92 Å². The molecule has 1 aromatic rings. The van der Waals surface area contributed by atoms with E-state index in [-0.39, 0.29) is 12.2 Å². The van der Waals surface area contributed by atoms with Crippen LogP contribution >= 0.6 is 0 Å². The molecule has 0 amide bonds. The van der Waals surface area contributed by atoms with Gasteiger partial charge in [0.05, 0.1) is 0 Å². The molecule has 0 unspecified atom stereocenters. The lowest BCUT2D eigenvalue weighted by atomic mass is 9.95. The predicted octanol–water partition coefficient (Wildman–Crippen LogP) is 3.54. The largest absolute Gasteiger partial charge is 0.457 e. The summed E-state index contributed by atoms with van der Waals surface area (Å²) in [6, 6.07) is 1.50. The minimum absolute atomic E-state index is 0.141. The molecule has 0 aromatic heterocycles. The van der Waals surface area contributed by atoms with Gasteiger partial charge in [-0.05, 0) is 37.0 Å². The summed E-state index contributed by atoms with van der Waals surface area (Å²) < 4.78 is 18.7. The van der Waals surface area contributed by atoms with E-state index in [0.717, 1.165) is 42.4 Å². The normalized spacial score (nSPS) is 13.7. The number of halogens is 1. The number of ether oxygens (including phenoxy) is 1. The molecule has 1 heterocycles. The van der Waals surface area contributed by atoms with Crippen LogP contribution in [-0.2, 0) is 17.8 Å².